The second kappa shape index (κ2) is 3.97. The molecule has 0 radical (unpaired) electrons. The second-order valence-corrected chi connectivity index (χ2v) is 5.04. The Morgan fingerprint density at radius 1 is 1.38 bits per heavy atom. The molecule has 1 aliphatic rings. The molecule has 0 aromatic rings. The quantitative estimate of drug-likeness (QED) is 0.621. The van der Waals surface area contributed by atoms with Gasteiger partial charge in [-0.15, -0.1) is 0 Å². The fraction of sp³-hybridized carbons (Fsp3) is 1.00. The van der Waals surface area contributed by atoms with E-state index in [2.05, 4.69) is 39.5 Å². The van der Waals surface area contributed by atoms with Gasteiger partial charge in [0, 0.05) is 18.1 Å². The molecule has 2 heteroatoms. The Labute approximate surface area is 82.3 Å². The Morgan fingerprint density at radius 3 is 2.46 bits per heavy atom. The summed E-state index contributed by atoms with van der Waals surface area (Å²) in [6, 6.07) is 0.558. The molecule has 0 amide bonds. The highest BCUT2D eigenvalue weighted by molar-refractivity contribution is 4.85. The highest BCUT2D eigenvalue weighted by atomic mass is 16.5. The van der Waals surface area contributed by atoms with E-state index in [-0.39, 0.29) is 5.54 Å². The van der Waals surface area contributed by atoms with Crippen LogP contribution in [0.2, 0.25) is 0 Å². The Bertz CT molecular complexity index is 162. The van der Waals surface area contributed by atoms with Gasteiger partial charge in [-0.05, 0) is 34.1 Å². The minimum atomic E-state index is 0.274. The van der Waals surface area contributed by atoms with Crippen molar-refractivity contribution in [1.29, 1.82) is 0 Å². The number of hydrogen-bond acceptors (Lipinski definition) is 2. The lowest BCUT2D eigenvalue weighted by Gasteiger charge is -2.45. The molecule has 0 N–H and O–H groups in total. The summed E-state index contributed by atoms with van der Waals surface area (Å²) in [5, 5.41) is 0. The Hall–Kier alpha value is -0.0800. The summed E-state index contributed by atoms with van der Waals surface area (Å²) in [5.74, 6) is 0. The lowest BCUT2D eigenvalue weighted by molar-refractivity contribution is -0.0897. The lowest BCUT2D eigenvalue weighted by atomic mass is 10.0. The molecule has 1 rings (SSSR count). The summed E-state index contributed by atoms with van der Waals surface area (Å²) >= 11 is 0. The van der Waals surface area contributed by atoms with Crippen LogP contribution in [0.1, 0.15) is 41.0 Å². The first-order valence-electron chi connectivity index (χ1n) is 5.33. The fourth-order valence-corrected chi connectivity index (χ4v) is 2.00. The predicted molar refractivity (Wildman–Crippen MR) is 56.0 cm³/mol. The fourth-order valence-electron chi connectivity index (χ4n) is 2.00. The first-order chi connectivity index (χ1) is 5.95. The zero-order valence-electron chi connectivity index (χ0n) is 9.63. The first-order valence-corrected chi connectivity index (χ1v) is 5.33. The molecule has 1 aliphatic heterocycles. The molecule has 78 valence electrons. The van der Waals surface area contributed by atoms with Gasteiger partial charge in [0.15, 0.2) is 0 Å². The van der Waals surface area contributed by atoms with Crippen LogP contribution in [-0.2, 0) is 4.74 Å². The summed E-state index contributed by atoms with van der Waals surface area (Å²) in [7, 11) is 0. The molecule has 1 fully saturated rings. The van der Waals surface area contributed by atoms with Crippen molar-refractivity contribution in [1.82, 2.24) is 4.90 Å². The van der Waals surface area contributed by atoms with Crippen molar-refractivity contribution in [2.24, 2.45) is 0 Å². The van der Waals surface area contributed by atoms with Crippen molar-refractivity contribution in [3.8, 4) is 0 Å². The highest BCUT2D eigenvalue weighted by Crippen LogP contribution is 2.22. The molecule has 0 aromatic heterocycles. The van der Waals surface area contributed by atoms with Crippen LogP contribution >= 0.6 is 0 Å². The molecule has 2 nitrogen and oxygen atoms in total. The van der Waals surface area contributed by atoms with Crippen molar-refractivity contribution in [3.05, 3.63) is 0 Å². The predicted octanol–water partition coefficient (Wildman–Crippen LogP) is 2.28. The Kier molecular flexibility index (Phi) is 3.36. The summed E-state index contributed by atoms with van der Waals surface area (Å²) in [5.41, 5.74) is 0.274. The topological polar surface area (TPSA) is 12.5 Å². The molecule has 0 aromatic carbocycles. The number of nitrogens with zero attached hydrogens (tertiary/aromatic N) is 1. The van der Waals surface area contributed by atoms with Crippen molar-refractivity contribution in [2.75, 3.05) is 13.2 Å². The summed E-state index contributed by atoms with van der Waals surface area (Å²) in [6.07, 6.45) is 1.56. The van der Waals surface area contributed by atoms with Crippen LogP contribution in [0.4, 0.5) is 0 Å². The molecule has 13 heavy (non-hydrogen) atoms. The van der Waals surface area contributed by atoms with Crippen molar-refractivity contribution < 1.29 is 4.74 Å². The maximum Gasteiger partial charge on any atom is 0.0700 e. The van der Waals surface area contributed by atoms with Gasteiger partial charge in [0.1, 0.15) is 0 Å². The van der Waals surface area contributed by atoms with Gasteiger partial charge in [0.05, 0.1) is 12.7 Å². The second-order valence-electron chi connectivity index (χ2n) is 5.04. The van der Waals surface area contributed by atoms with Crippen LogP contribution in [0.25, 0.3) is 0 Å². The van der Waals surface area contributed by atoms with Crippen molar-refractivity contribution in [3.63, 3.8) is 0 Å². The standard InChI is InChI=1S/C11H23NO/c1-6-10-7-12(11(3,4)5)9(2)8-13-10/h9-10H,6-8H2,1-5H3. The largest absolute Gasteiger partial charge is 0.375 e. The molecule has 0 saturated carbocycles. The molecular formula is C11H23NO. The molecule has 0 spiro atoms. The van der Waals surface area contributed by atoms with Gasteiger partial charge >= 0.3 is 0 Å². The molecule has 1 saturated heterocycles. The van der Waals surface area contributed by atoms with Gasteiger partial charge < -0.3 is 4.74 Å². The van der Waals surface area contributed by atoms with E-state index in [1.807, 2.05) is 0 Å². The number of ether oxygens (including phenoxy) is 1. The van der Waals surface area contributed by atoms with Gasteiger partial charge in [-0.25, -0.2) is 0 Å². The summed E-state index contributed by atoms with van der Waals surface area (Å²) in [4.78, 5) is 2.55. The molecule has 0 bridgehead atoms. The van der Waals surface area contributed by atoms with Gasteiger partial charge in [0.25, 0.3) is 0 Å². The van der Waals surface area contributed by atoms with Gasteiger partial charge in [-0.1, -0.05) is 6.92 Å². The number of hydrogen-bond donors (Lipinski definition) is 0. The van der Waals surface area contributed by atoms with Gasteiger partial charge in [-0.3, -0.25) is 4.90 Å². The average molecular weight is 185 g/mol. The molecular weight excluding hydrogens is 162 g/mol. The van der Waals surface area contributed by atoms with Crippen LogP contribution in [0.3, 0.4) is 0 Å². The van der Waals surface area contributed by atoms with Crippen molar-refractivity contribution in [2.45, 2.75) is 58.7 Å². The van der Waals surface area contributed by atoms with Crippen LogP contribution in [0.5, 0.6) is 0 Å². The minimum Gasteiger partial charge on any atom is -0.375 e. The third-order valence-corrected chi connectivity index (χ3v) is 2.82. The molecule has 2 atom stereocenters. The zero-order valence-corrected chi connectivity index (χ0v) is 9.63. The third-order valence-electron chi connectivity index (χ3n) is 2.82. The minimum absolute atomic E-state index is 0.274. The van der Waals surface area contributed by atoms with E-state index in [1.165, 1.54) is 0 Å². The Balaban J connectivity index is 2.60. The average Bonchev–Trinajstić information content (AvgIpc) is 2.03. The van der Waals surface area contributed by atoms with Crippen LogP contribution in [0, 0.1) is 0 Å². The van der Waals surface area contributed by atoms with E-state index >= 15 is 0 Å². The van der Waals surface area contributed by atoms with E-state index < -0.39 is 0 Å². The van der Waals surface area contributed by atoms with Gasteiger partial charge in [-0.2, -0.15) is 0 Å². The molecule has 2 unspecified atom stereocenters. The molecule has 1 heterocycles. The smallest absolute Gasteiger partial charge is 0.0700 e. The maximum atomic E-state index is 5.72. The summed E-state index contributed by atoms with van der Waals surface area (Å²) < 4.78 is 5.72. The van der Waals surface area contributed by atoms with Crippen LogP contribution in [0.15, 0.2) is 0 Å². The van der Waals surface area contributed by atoms with Crippen LogP contribution in [-0.4, -0.2) is 35.7 Å². The monoisotopic (exact) mass is 185 g/mol. The maximum absolute atomic E-state index is 5.72. The first kappa shape index (κ1) is 11.0. The van der Waals surface area contributed by atoms with E-state index in [0.29, 0.717) is 12.1 Å². The number of rotatable bonds is 1. The SMILES string of the molecule is CCC1CN(C(C)(C)C)C(C)CO1. The van der Waals surface area contributed by atoms with E-state index in [4.69, 9.17) is 4.74 Å². The lowest BCUT2D eigenvalue weighted by Crippen LogP contribution is -2.55. The van der Waals surface area contributed by atoms with E-state index in [1.54, 1.807) is 0 Å². The highest BCUT2D eigenvalue weighted by Gasteiger charge is 2.32. The number of morpholine rings is 1. The normalized spacial score (nSPS) is 32.1. The van der Waals surface area contributed by atoms with Crippen molar-refractivity contribution >= 4 is 0 Å². The summed E-state index contributed by atoms with van der Waals surface area (Å²) in [6.45, 7) is 13.3. The van der Waals surface area contributed by atoms with Gasteiger partial charge in [0.2, 0.25) is 0 Å². The van der Waals surface area contributed by atoms with Crippen LogP contribution < -0.4 is 0 Å². The van der Waals surface area contributed by atoms with E-state index in [0.717, 1.165) is 19.6 Å². The van der Waals surface area contributed by atoms with E-state index in [9.17, 15) is 0 Å². The Morgan fingerprint density at radius 2 is 2.00 bits per heavy atom. The molecule has 0 aliphatic carbocycles. The third kappa shape index (κ3) is 2.68. The zero-order chi connectivity index (χ0) is 10.1.